The van der Waals surface area contributed by atoms with Crippen molar-refractivity contribution in [2.45, 2.75) is 26.8 Å². The maximum absolute atomic E-state index is 11.2. The molecule has 0 aliphatic rings. The molecule has 90 valence electrons. The summed E-state index contributed by atoms with van der Waals surface area (Å²) in [6.07, 6.45) is 1.64. The van der Waals surface area contributed by atoms with E-state index in [2.05, 4.69) is 23.7 Å². The van der Waals surface area contributed by atoms with Crippen LogP contribution in [0.4, 0.5) is 5.13 Å². The fraction of sp³-hybridized carbons (Fsp3) is 0.636. The van der Waals surface area contributed by atoms with Gasteiger partial charge in [-0.2, -0.15) is 0 Å². The largest absolute Gasteiger partial charge is 0.383 e. The summed E-state index contributed by atoms with van der Waals surface area (Å²) in [5.41, 5.74) is 0. The molecule has 1 rings (SSSR count). The lowest BCUT2D eigenvalue weighted by Crippen LogP contribution is -2.33. The van der Waals surface area contributed by atoms with Gasteiger partial charge in [-0.15, -0.1) is 0 Å². The van der Waals surface area contributed by atoms with E-state index in [1.807, 2.05) is 0 Å². The Morgan fingerprint density at radius 3 is 2.75 bits per heavy atom. The molecule has 0 amide bonds. The lowest BCUT2D eigenvalue weighted by Gasteiger charge is -2.25. The molecule has 0 spiro atoms. The van der Waals surface area contributed by atoms with Crippen molar-refractivity contribution in [3.05, 3.63) is 11.1 Å². The first-order valence-electron chi connectivity index (χ1n) is 5.28. The molecule has 0 saturated heterocycles. The van der Waals surface area contributed by atoms with E-state index >= 15 is 0 Å². The summed E-state index contributed by atoms with van der Waals surface area (Å²) < 4.78 is 5.07. The van der Waals surface area contributed by atoms with Crippen molar-refractivity contribution in [3.8, 4) is 0 Å². The van der Waals surface area contributed by atoms with Gasteiger partial charge in [-0.1, -0.05) is 11.3 Å². The fourth-order valence-electron chi connectivity index (χ4n) is 1.32. The van der Waals surface area contributed by atoms with Crippen molar-refractivity contribution in [2.75, 3.05) is 25.2 Å². The molecule has 0 radical (unpaired) electrons. The number of hydrogen-bond donors (Lipinski definition) is 0. The standard InChI is InChI=1S/C11H18N2O2S/c1-8(2)13(5-6-15-4)11-12-7-10(16-11)9(3)14/h7-8H,5-6H2,1-4H3. The third-order valence-electron chi connectivity index (χ3n) is 2.25. The molecule has 0 saturated carbocycles. The van der Waals surface area contributed by atoms with E-state index in [4.69, 9.17) is 4.74 Å². The van der Waals surface area contributed by atoms with Crippen molar-refractivity contribution in [1.82, 2.24) is 4.98 Å². The number of carbonyl (C=O) groups excluding carboxylic acids is 1. The average Bonchev–Trinajstić information content (AvgIpc) is 2.67. The van der Waals surface area contributed by atoms with Gasteiger partial charge in [0.2, 0.25) is 0 Å². The van der Waals surface area contributed by atoms with E-state index in [-0.39, 0.29) is 5.78 Å². The van der Waals surface area contributed by atoms with Crippen molar-refractivity contribution in [1.29, 1.82) is 0 Å². The third kappa shape index (κ3) is 3.28. The predicted molar refractivity (Wildman–Crippen MR) is 66.5 cm³/mol. The Morgan fingerprint density at radius 1 is 1.62 bits per heavy atom. The number of hydrogen-bond acceptors (Lipinski definition) is 5. The lowest BCUT2D eigenvalue weighted by molar-refractivity contribution is 0.102. The number of carbonyl (C=O) groups is 1. The number of anilines is 1. The van der Waals surface area contributed by atoms with Gasteiger partial charge in [0.1, 0.15) is 0 Å². The Balaban J connectivity index is 2.80. The Labute approximate surface area is 100 Å². The van der Waals surface area contributed by atoms with E-state index in [0.29, 0.717) is 17.5 Å². The highest BCUT2D eigenvalue weighted by atomic mass is 32.1. The minimum absolute atomic E-state index is 0.0687. The molecular formula is C11H18N2O2S. The molecule has 0 fully saturated rings. The quantitative estimate of drug-likeness (QED) is 0.717. The van der Waals surface area contributed by atoms with Gasteiger partial charge in [0, 0.05) is 26.6 Å². The number of nitrogens with zero attached hydrogens (tertiary/aromatic N) is 2. The van der Waals surface area contributed by atoms with Crippen LogP contribution in [0.2, 0.25) is 0 Å². The van der Waals surface area contributed by atoms with E-state index in [1.54, 1.807) is 20.2 Å². The number of ketones is 1. The molecule has 0 unspecified atom stereocenters. The smallest absolute Gasteiger partial charge is 0.186 e. The Morgan fingerprint density at radius 2 is 2.31 bits per heavy atom. The zero-order valence-corrected chi connectivity index (χ0v) is 11.0. The van der Waals surface area contributed by atoms with Crippen LogP contribution in [0.25, 0.3) is 0 Å². The number of ether oxygens (including phenoxy) is 1. The molecule has 5 heteroatoms. The van der Waals surface area contributed by atoms with Crippen LogP contribution in [0.1, 0.15) is 30.4 Å². The second-order valence-electron chi connectivity index (χ2n) is 3.84. The van der Waals surface area contributed by atoms with Crippen molar-refractivity contribution in [2.24, 2.45) is 0 Å². The Hall–Kier alpha value is -0.940. The number of thiazole rings is 1. The van der Waals surface area contributed by atoms with Crippen molar-refractivity contribution in [3.63, 3.8) is 0 Å². The highest BCUT2D eigenvalue weighted by Gasteiger charge is 2.15. The van der Waals surface area contributed by atoms with Crippen molar-refractivity contribution < 1.29 is 9.53 Å². The van der Waals surface area contributed by atoms with Crippen LogP contribution in [0, 0.1) is 0 Å². The molecule has 1 aromatic rings. The Kier molecular flexibility index (Phi) is 4.89. The summed E-state index contributed by atoms with van der Waals surface area (Å²) in [4.78, 5) is 18.3. The molecule has 1 aromatic heterocycles. The van der Waals surface area contributed by atoms with Gasteiger partial charge in [0.25, 0.3) is 0 Å². The summed E-state index contributed by atoms with van der Waals surface area (Å²) in [6.45, 7) is 7.22. The summed E-state index contributed by atoms with van der Waals surface area (Å²) in [5, 5.41) is 0.886. The second-order valence-corrected chi connectivity index (χ2v) is 4.85. The second kappa shape index (κ2) is 5.96. The summed E-state index contributed by atoms with van der Waals surface area (Å²) in [7, 11) is 1.68. The Bertz CT molecular complexity index is 350. The minimum Gasteiger partial charge on any atom is -0.383 e. The van der Waals surface area contributed by atoms with Gasteiger partial charge >= 0.3 is 0 Å². The van der Waals surface area contributed by atoms with E-state index in [0.717, 1.165) is 11.7 Å². The molecule has 4 nitrogen and oxygen atoms in total. The zero-order valence-electron chi connectivity index (χ0n) is 10.2. The van der Waals surface area contributed by atoms with Gasteiger partial charge < -0.3 is 9.64 Å². The minimum atomic E-state index is 0.0687. The number of Topliss-reactive ketones (excluding diaryl/α,β-unsaturated/α-hetero) is 1. The van der Waals surface area contributed by atoms with Crippen molar-refractivity contribution >= 4 is 22.3 Å². The molecular weight excluding hydrogens is 224 g/mol. The fourth-order valence-corrected chi connectivity index (χ4v) is 2.30. The van der Waals surface area contributed by atoms with E-state index < -0.39 is 0 Å². The highest BCUT2D eigenvalue weighted by Crippen LogP contribution is 2.24. The maximum atomic E-state index is 11.2. The summed E-state index contributed by atoms with van der Waals surface area (Å²) in [6, 6.07) is 0.348. The van der Waals surface area contributed by atoms with Gasteiger partial charge in [0.05, 0.1) is 17.7 Å². The first kappa shape index (κ1) is 13.1. The van der Waals surface area contributed by atoms with Crippen LogP contribution in [0.15, 0.2) is 6.20 Å². The molecule has 0 bridgehead atoms. The maximum Gasteiger partial charge on any atom is 0.186 e. The first-order chi connectivity index (χ1) is 7.56. The average molecular weight is 242 g/mol. The molecule has 0 atom stereocenters. The third-order valence-corrected chi connectivity index (χ3v) is 3.38. The van der Waals surface area contributed by atoms with E-state index in [9.17, 15) is 4.79 Å². The van der Waals surface area contributed by atoms with Crippen LogP contribution in [0.3, 0.4) is 0 Å². The van der Waals surface area contributed by atoms with Crippen LogP contribution >= 0.6 is 11.3 Å². The van der Waals surface area contributed by atoms with Crippen LogP contribution in [-0.4, -0.2) is 37.1 Å². The topological polar surface area (TPSA) is 42.4 Å². The SMILES string of the molecule is COCCN(c1ncc(C(C)=O)s1)C(C)C. The predicted octanol–water partition coefficient (Wildman–Crippen LogP) is 2.21. The first-order valence-corrected chi connectivity index (χ1v) is 6.10. The zero-order chi connectivity index (χ0) is 12.1. The van der Waals surface area contributed by atoms with E-state index in [1.165, 1.54) is 11.3 Å². The number of rotatable bonds is 6. The van der Waals surface area contributed by atoms with Crippen LogP contribution in [0.5, 0.6) is 0 Å². The van der Waals surface area contributed by atoms with Gasteiger partial charge in [0.15, 0.2) is 10.9 Å². The molecule has 0 aromatic carbocycles. The van der Waals surface area contributed by atoms with Gasteiger partial charge in [-0.05, 0) is 13.8 Å². The highest BCUT2D eigenvalue weighted by molar-refractivity contribution is 7.17. The van der Waals surface area contributed by atoms with Crippen LogP contribution < -0.4 is 4.90 Å². The lowest BCUT2D eigenvalue weighted by atomic mass is 10.3. The molecule has 0 N–H and O–H groups in total. The molecule has 0 aliphatic heterocycles. The number of methoxy groups -OCH3 is 1. The summed E-state index contributed by atoms with van der Waals surface area (Å²) >= 11 is 1.44. The summed E-state index contributed by atoms with van der Waals surface area (Å²) in [5.74, 6) is 0.0687. The van der Waals surface area contributed by atoms with Gasteiger partial charge in [-0.25, -0.2) is 4.98 Å². The molecule has 0 aliphatic carbocycles. The van der Waals surface area contributed by atoms with Crippen LogP contribution in [-0.2, 0) is 4.74 Å². The number of aromatic nitrogens is 1. The van der Waals surface area contributed by atoms with Gasteiger partial charge in [-0.3, -0.25) is 4.79 Å². The normalized spacial score (nSPS) is 10.8. The molecule has 16 heavy (non-hydrogen) atoms. The molecule has 1 heterocycles. The monoisotopic (exact) mass is 242 g/mol.